The smallest absolute Gasteiger partial charge is 0.261 e. The van der Waals surface area contributed by atoms with Crippen molar-refractivity contribution in [1.82, 2.24) is 0 Å². The first kappa shape index (κ1) is 14.4. The SMILES string of the molecule is N#CCSc1ccc(NS(=O)(=O)c2ccccc2)cc1. The molecule has 0 amide bonds. The van der Waals surface area contributed by atoms with E-state index in [-0.39, 0.29) is 4.90 Å². The van der Waals surface area contributed by atoms with Crippen LogP contribution in [-0.2, 0) is 10.0 Å². The zero-order valence-electron chi connectivity index (χ0n) is 10.5. The summed E-state index contributed by atoms with van der Waals surface area (Å²) in [6, 6.07) is 17.2. The number of nitriles is 1. The summed E-state index contributed by atoms with van der Waals surface area (Å²) < 4.78 is 26.7. The van der Waals surface area contributed by atoms with Crippen LogP contribution >= 0.6 is 11.8 Å². The number of benzene rings is 2. The second-order valence-corrected chi connectivity index (χ2v) is 6.62. The molecule has 0 atom stereocenters. The highest BCUT2D eigenvalue weighted by molar-refractivity contribution is 7.99. The summed E-state index contributed by atoms with van der Waals surface area (Å²) in [5.41, 5.74) is 0.496. The third-order valence-electron chi connectivity index (χ3n) is 2.46. The van der Waals surface area contributed by atoms with Crippen LogP contribution in [0.3, 0.4) is 0 Å². The van der Waals surface area contributed by atoms with Crippen molar-refractivity contribution in [3.8, 4) is 6.07 Å². The molecule has 2 aromatic rings. The maximum atomic E-state index is 12.1. The van der Waals surface area contributed by atoms with Gasteiger partial charge < -0.3 is 0 Å². The monoisotopic (exact) mass is 304 g/mol. The molecule has 0 aliphatic rings. The van der Waals surface area contributed by atoms with Crippen molar-refractivity contribution in [2.75, 3.05) is 10.5 Å². The van der Waals surface area contributed by atoms with E-state index in [2.05, 4.69) is 4.72 Å². The quantitative estimate of drug-likeness (QED) is 0.862. The maximum Gasteiger partial charge on any atom is 0.261 e. The van der Waals surface area contributed by atoms with Crippen molar-refractivity contribution in [3.05, 3.63) is 54.6 Å². The molecule has 0 fully saturated rings. The summed E-state index contributed by atoms with van der Waals surface area (Å²) >= 11 is 1.41. The molecule has 0 aliphatic carbocycles. The fraction of sp³-hybridized carbons (Fsp3) is 0.0714. The van der Waals surface area contributed by atoms with E-state index in [0.717, 1.165) is 4.90 Å². The van der Waals surface area contributed by atoms with Crippen molar-refractivity contribution in [2.24, 2.45) is 0 Å². The highest BCUT2D eigenvalue weighted by Crippen LogP contribution is 2.21. The summed E-state index contributed by atoms with van der Waals surface area (Å²) in [4.78, 5) is 1.15. The molecule has 102 valence electrons. The fourth-order valence-electron chi connectivity index (χ4n) is 1.55. The van der Waals surface area contributed by atoms with Crippen LogP contribution < -0.4 is 4.72 Å². The Balaban J connectivity index is 2.12. The number of thioether (sulfide) groups is 1. The Morgan fingerprint density at radius 2 is 1.70 bits per heavy atom. The van der Waals surface area contributed by atoms with Gasteiger partial charge in [-0.3, -0.25) is 4.72 Å². The first-order valence-corrected chi connectivity index (χ1v) is 8.26. The Bertz CT molecular complexity index is 705. The number of nitrogens with zero attached hydrogens (tertiary/aromatic N) is 1. The van der Waals surface area contributed by atoms with E-state index in [1.807, 2.05) is 6.07 Å². The summed E-state index contributed by atoms with van der Waals surface area (Å²) in [5, 5.41) is 8.50. The van der Waals surface area contributed by atoms with Crippen molar-refractivity contribution in [1.29, 1.82) is 5.26 Å². The molecular formula is C14H12N2O2S2. The van der Waals surface area contributed by atoms with Crippen molar-refractivity contribution in [2.45, 2.75) is 9.79 Å². The van der Waals surface area contributed by atoms with Crippen molar-refractivity contribution >= 4 is 27.5 Å². The highest BCUT2D eigenvalue weighted by atomic mass is 32.2. The van der Waals surface area contributed by atoms with Gasteiger partial charge in [-0.15, -0.1) is 11.8 Å². The molecule has 0 aromatic heterocycles. The van der Waals surface area contributed by atoms with Gasteiger partial charge in [0.05, 0.1) is 16.7 Å². The minimum Gasteiger partial charge on any atom is -0.280 e. The lowest BCUT2D eigenvalue weighted by atomic mass is 10.3. The Kier molecular flexibility index (Phi) is 4.66. The summed E-state index contributed by atoms with van der Waals surface area (Å²) in [6.45, 7) is 0. The molecule has 2 aromatic carbocycles. The van der Waals surface area contributed by atoms with Gasteiger partial charge >= 0.3 is 0 Å². The third-order valence-corrected chi connectivity index (χ3v) is 4.74. The lowest BCUT2D eigenvalue weighted by Gasteiger charge is -2.08. The molecule has 20 heavy (non-hydrogen) atoms. The minimum atomic E-state index is -3.55. The Labute approximate surface area is 122 Å². The van der Waals surface area contributed by atoms with Crippen LogP contribution in [0.15, 0.2) is 64.4 Å². The van der Waals surface area contributed by atoms with Gasteiger partial charge in [0.25, 0.3) is 10.0 Å². The molecule has 0 bridgehead atoms. The van der Waals surface area contributed by atoms with Crippen molar-refractivity contribution in [3.63, 3.8) is 0 Å². The van der Waals surface area contributed by atoms with Crippen LogP contribution in [-0.4, -0.2) is 14.2 Å². The number of nitrogens with one attached hydrogen (secondary N) is 1. The van der Waals surface area contributed by atoms with Gasteiger partial charge in [0, 0.05) is 10.6 Å². The van der Waals surface area contributed by atoms with Gasteiger partial charge in [-0.2, -0.15) is 5.26 Å². The van der Waals surface area contributed by atoms with E-state index in [1.165, 1.54) is 11.8 Å². The lowest BCUT2D eigenvalue weighted by Crippen LogP contribution is -2.12. The number of rotatable bonds is 5. The molecule has 2 rings (SSSR count). The first-order chi connectivity index (χ1) is 9.62. The average molecular weight is 304 g/mol. The zero-order valence-corrected chi connectivity index (χ0v) is 12.1. The lowest BCUT2D eigenvalue weighted by molar-refractivity contribution is 0.601. The zero-order chi connectivity index (χ0) is 14.4. The molecule has 0 unspecified atom stereocenters. The van der Waals surface area contributed by atoms with Crippen LogP contribution in [0.25, 0.3) is 0 Å². The fourth-order valence-corrected chi connectivity index (χ4v) is 3.19. The van der Waals surface area contributed by atoms with E-state index >= 15 is 0 Å². The Morgan fingerprint density at radius 1 is 1.05 bits per heavy atom. The molecule has 0 saturated carbocycles. The van der Waals surface area contributed by atoms with E-state index in [4.69, 9.17) is 5.26 Å². The molecule has 0 saturated heterocycles. The number of hydrogen-bond acceptors (Lipinski definition) is 4. The largest absolute Gasteiger partial charge is 0.280 e. The summed E-state index contributed by atoms with van der Waals surface area (Å²) in [7, 11) is -3.55. The van der Waals surface area contributed by atoms with E-state index in [1.54, 1.807) is 54.6 Å². The van der Waals surface area contributed by atoms with E-state index in [9.17, 15) is 8.42 Å². The van der Waals surface area contributed by atoms with Crippen LogP contribution in [0.5, 0.6) is 0 Å². The third kappa shape index (κ3) is 3.76. The number of anilines is 1. The Morgan fingerprint density at radius 3 is 2.30 bits per heavy atom. The first-order valence-electron chi connectivity index (χ1n) is 5.79. The number of sulfonamides is 1. The van der Waals surface area contributed by atoms with Crippen LogP contribution in [0.4, 0.5) is 5.69 Å². The van der Waals surface area contributed by atoms with Gasteiger partial charge in [0.15, 0.2) is 0 Å². The second-order valence-electron chi connectivity index (χ2n) is 3.89. The minimum absolute atomic E-state index is 0.225. The van der Waals surface area contributed by atoms with Gasteiger partial charge in [0.2, 0.25) is 0 Å². The molecule has 1 N–H and O–H groups in total. The number of hydrogen-bond donors (Lipinski definition) is 1. The topological polar surface area (TPSA) is 70.0 Å². The maximum absolute atomic E-state index is 12.1. The molecule has 6 heteroatoms. The molecule has 0 heterocycles. The highest BCUT2D eigenvalue weighted by Gasteiger charge is 2.12. The predicted octanol–water partition coefficient (Wildman–Crippen LogP) is 3.10. The molecule has 4 nitrogen and oxygen atoms in total. The molecule has 0 aliphatic heterocycles. The second kappa shape index (κ2) is 6.46. The molecular weight excluding hydrogens is 292 g/mol. The van der Waals surface area contributed by atoms with Gasteiger partial charge in [-0.05, 0) is 36.4 Å². The average Bonchev–Trinajstić information content (AvgIpc) is 2.47. The normalized spacial score (nSPS) is 10.8. The predicted molar refractivity (Wildman–Crippen MR) is 80.0 cm³/mol. The molecule has 0 radical (unpaired) electrons. The standard InChI is InChI=1S/C14H12N2O2S2/c15-10-11-19-13-8-6-12(7-9-13)16-20(17,18)14-4-2-1-3-5-14/h1-9,16H,11H2. The molecule has 0 spiro atoms. The summed E-state index contributed by atoms with van der Waals surface area (Å²) in [6.07, 6.45) is 0. The van der Waals surface area contributed by atoms with Gasteiger partial charge in [-0.25, -0.2) is 8.42 Å². The van der Waals surface area contributed by atoms with Crippen molar-refractivity contribution < 1.29 is 8.42 Å². The summed E-state index contributed by atoms with van der Waals surface area (Å²) in [5.74, 6) is 0.370. The Hall–Kier alpha value is -1.97. The van der Waals surface area contributed by atoms with E-state index in [0.29, 0.717) is 11.4 Å². The van der Waals surface area contributed by atoms with Crippen LogP contribution in [0, 0.1) is 11.3 Å². The van der Waals surface area contributed by atoms with E-state index < -0.39 is 10.0 Å². The van der Waals surface area contributed by atoms with Gasteiger partial charge in [-0.1, -0.05) is 18.2 Å². The van der Waals surface area contributed by atoms with Crippen LogP contribution in [0.1, 0.15) is 0 Å². The van der Waals surface area contributed by atoms with Gasteiger partial charge in [0.1, 0.15) is 0 Å². The van der Waals surface area contributed by atoms with Crippen LogP contribution in [0.2, 0.25) is 0 Å².